The first-order valence-corrected chi connectivity index (χ1v) is 9.82. The third-order valence-corrected chi connectivity index (χ3v) is 5.22. The van der Waals surface area contributed by atoms with Gasteiger partial charge in [0.1, 0.15) is 12.4 Å². The van der Waals surface area contributed by atoms with Crippen LogP contribution in [0.3, 0.4) is 0 Å². The van der Waals surface area contributed by atoms with Crippen molar-refractivity contribution in [3.8, 4) is 5.75 Å². The van der Waals surface area contributed by atoms with E-state index in [1.807, 2.05) is 24.3 Å². The van der Waals surface area contributed by atoms with Crippen LogP contribution in [0.5, 0.6) is 5.75 Å². The number of esters is 1. The molecule has 0 bridgehead atoms. The minimum absolute atomic E-state index is 0.228. The van der Waals surface area contributed by atoms with E-state index in [2.05, 4.69) is 19.2 Å². The molecule has 0 spiro atoms. The van der Waals surface area contributed by atoms with Crippen molar-refractivity contribution in [3.63, 3.8) is 0 Å². The minimum Gasteiger partial charge on any atom is -0.492 e. The molecule has 1 N–H and O–H groups in total. The van der Waals surface area contributed by atoms with Crippen LogP contribution in [-0.2, 0) is 20.7 Å². The van der Waals surface area contributed by atoms with Crippen molar-refractivity contribution in [2.75, 3.05) is 18.5 Å². The molecule has 28 heavy (non-hydrogen) atoms. The molecule has 6 heteroatoms. The third-order valence-electron chi connectivity index (χ3n) is 4.99. The van der Waals surface area contributed by atoms with E-state index in [0.29, 0.717) is 17.4 Å². The zero-order valence-electron chi connectivity index (χ0n) is 16.0. The van der Waals surface area contributed by atoms with Crippen LogP contribution >= 0.6 is 11.6 Å². The average molecular weight is 402 g/mol. The van der Waals surface area contributed by atoms with Crippen LogP contribution in [0.25, 0.3) is 0 Å². The van der Waals surface area contributed by atoms with Crippen molar-refractivity contribution in [1.29, 1.82) is 0 Å². The molecular formula is C22H24ClNO4. The first-order chi connectivity index (χ1) is 13.5. The summed E-state index contributed by atoms with van der Waals surface area (Å²) < 4.78 is 10.8. The fourth-order valence-corrected chi connectivity index (χ4v) is 3.41. The summed E-state index contributed by atoms with van der Waals surface area (Å²) in [5.41, 5.74) is 2.69. The standard InChI is InChI=1S/C22H24ClNO4/c1-3-14(2)18-6-4-5-7-19(18)24-21(25)13-28-22(26)16-10-15-11-17(23)8-9-20(15)27-12-16/h4-9,11,14,16H,3,10,12-13H2,1-2H3,(H,24,25)/t14-,16+/m0/s1. The van der Waals surface area contributed by atoms with Gasteiger partial charge >= 0.3 is 5.97 Å². The number of ether oxygens (including phenoxy) is 2. The lowest BCUT2D eigenvalue weighted by atomic mass is 9.97. The van der Waals surface area contributed by atoms with Gasteiger partial charge in [-0.15, -0.1) is 0 Å². The predicted octanol–water partition coefficient (Wildman–Crippen LogP) is 4.59. The first-order valence-electron chi connectivity index (χ1n) is 9.44. The van der Waals surface area contributed by atoms with E-state index in [1.165, 1.54) is 0 Å². The maximum absolute atomic E-state index is 12.4. The number of para-hydroxylation sites is 1. The van der Waals surface area contributed by atoms with Gasteiger partial charge in [0.15, 0.2) is 6.61 Å². The van der Waals surface area contributed by atoms with Gasteiger partial charge in [0.2, 0.25) is 0 Å². The molecule has 2 aromatic carbocycles. The van der Waals surface area contributed by atoms with Gasteiger partial charge in [-0.05, 0) is 54.2 Å². The zero-order chi connectivity index (χ0) is 20.1. The van der Waals surface area contributed by atoms with E-state index in [-0.39, 0.29) is 19.1 Å². The van der Waals surface area contributed by atoms with Crippen LogP contribution < -0.4 is 10.1 Å². The Kier molecular flexibility index (Phi) is 6.57. The van der Waals surface area contributed by atoms with Crippen molar-refractivity contribution >= 4 is 29.2 Å². The Morgan fingerprint density at radius 3 is 2.86 bits per heavy atom. The van der Waals surface area contributed by atoms with Gasteiger partial charge in [0.05, 0.1) is 5.92 Å². The van der Waals surface area contributed by atoms with Crippen LogP contribution in [0, 0.1) is 5.92 Å². The monoisotopic (exact) mass is 401 g/mol. The zero-order valence-corrected chi connectivity index (χ0v) is 16.8. The van der Waals surface area contributed by atoms with Gasteiger partial charge in [0, 0.05) is 10.7 Å². The normalized spacial score (nSPS) is 16.5. The lowest BCUT2D eigenvalue weighted by Crippen LogP contribution is -2.32. The fraction of sp³-hybridized carbons (Fsp3) is 0.364. The molecule has 5 nitrogen and oxygen atoms in total. The summed E-state index contributed by atoms with van der Waals surface area (Å²) >= 11 is 6.00. The molecule has 2 aromatic rings. The highest BCUT2D eigenvalue weighted by Crippen LogP contribution is 2.30. The molecule has 0 saturated carbocycles. The number of hydrogen-bond donors (Lipinski definition) is 1. The molecule has 2 atom stereocenters. The molecule has 0 unspecified atom stereocenters. The number of benzene rings is 2. The maximum atomic E-state index is 12.4. The molecule has 1 aliphatic heterocycles. The molecule has 1 amide bonds. The number of fused-ring (bicyclic) bond motifs is 1. The summed E-state index contributed by atoms with van der Waals surface area (Å²) in [6.07, 6.45) is 1.45. The minimum atomic E-state index is -0.453. The van der Waals surface area contributed by atoms with Gasteiger partial charge in [-0.25, -0.2) is 0 Å². The molecule has 1 heterocycles. The molecular weight excluding hydrogens is 378 g/mol. The second-order valence-electron chi connectivity index (χ2n) is 7.02. The van der Waals surface area contributed by atoms with Gasteiger partial charge in [-0.2, -0.15) is 0 Å². The number of hydrogen-bond acceptors (Lipinski definition) is 4. The third kappa shape index (κ3) is 4.84. The van der Waals surface area contributed by atoms with Gasteiger partial charge < -0.3 is 14.8 Å². The lowest BCUT2D eigenvalue weighted by molar-refractivity contribution is -0.152. The van der Waals surface area contributed by atoms with Crippen molar-refractivity contribution in [2.45, 2.75) is 32.6 Å². The van der Waals surface area contributed by atoms with Crippen LogP contribution in [0.1, 0.15) is 37.3 Å². The Balaban J connectivity index is 1.55. The van der Waals surface area contributed by atoms with Crippen LogP contribution in [0.2, 0.25) is 5.02 Å². The number of anilines is 1. The predicted molar refractivity (Wildman–Crippen MR) is 109 cm³/mol. The molecule has 0 saturated heterocycles. The fourth-order valence-electron chi connectivity index (χ4n) is 3.22. The molecule has 3 rings (SSSR count). The van der Waals surface area contributed by atoms with Crippen molar-refractivity contribution in [3.05, 3.63) is 58.6 Å². The number of rotatable bonds is 6. The van der Waals surface area contributed by atoms with Crippen molar-refractivity contribution in [1.82, 2.24) is 0 Å². The van der Waals surface area contributed by atoms with E-state index >= 15 is 0 Å². The van der Waals surface area contributed by atoms with Gasteiger partial charge in [-0.3, -0.25) is 9.59 Å². The van der Waals surface area contributed by atoms with Crippen molar-refractivity contribution < 1.29 is 19.1 Å². The summed E-state index contributed by atoms with van der Waals surface area (Å²) in [4.78, 5) is 24.6. The summed E-state index contributed by atoms with van der Waals surface area (Å²) in [6.45, 7) is 4.11. The number of carbonyl (C=O) groups is 2. The highest BCUT2D eigenvalue weighted by Gasteiger charge is 2.28. The summed E-state index contributed by atoms with van der Waals surface area (Å²) in [5, 5.41) is 3.44. The van der Waals surface area contributed by atoms with Crippen LogP contribution in [0.4, 0.5) is 5.69 Å². The topological polar surface area (TPSA) is 64.6 Å². The van der Waals surface area contributed by atoms with E-state index < -0.39 is 11.9 Å². The smallest absolute Gasteiger partial charge is 0.313 e. The summed E-state index contributed by atoms with van der Waals surface area (Å²) in [5.74, 6) is -0.204. The van der Waals surface area contributed by atoms with E-state index in [4.69, 9.17) is 21.1 Å². The van der Waals surface area contributed by atoms with Gasteiger partial charge in [-0.1, -0.05) is 43.6 Å². The Hall–Kier alpha value is -2.53. The Bertz CT molecular complexity index is 867. The quantitative estimate of drug-likeness (QED) is 0.719. The SMILES string of the molecule is CC[C@H](C)c1ccccc1NC(=O)COC(=O)[C@H]1COc2ccc(Cl)cc2C1. The molecule has 0 radical (unpaired) electrons. The Labute approximate surface area is 170 Å². The second kappa shape index (κ2) is 9.11. The van der Waals surface area contributed by atoms with Crippen molar-refractivity contribution in [2.24, 2.45) is 5.92 Å². The number of halogens is 1. The van der Waals surface area contributed by atoms with E-state index in [1.54, 1.807) is 18.2 Å². The summed E-state index contributed by atoms with van der Waals surface area (Å²) in [6, 6.07) is 13.0. The molecule has 0 aliphatic carbocycles. The first kappa shape index (κ1) is 20.2. The average Bonchev–Trinajstić information content (AvgIpc) is 2.71. The number of carbonyl (C=O) groups excluding carboxylic acids is 2. The van der Waals surface area contributed by atoms with E-state index in [0.717, 1.165) is 29.0 Å². The molecule has 1 aliphatic rings. The Morgan fingerprint density at radius 1 is 1.29 bits per heavy atom. The molecule has 148 valence electrons. The maximum Gasteiger partial charge on any atom is 0.313 e. The molecule has 0 aromatic heterocycles. The Morgan fingerprint density at radius 2 is 2.07 bits per heavy atom. The number of amides is 1. The molecule has 0 fully saturated rings. The number of nitrogens with one attached hydrogen (secondary N) is 1. The van der Waals surface area contributed by atoms with Crippen LogP contribution in [0.15, 0.2) is 42.5 Å². The highest BCUT2D eigenvalue weighted by atomic mass is 35.5. The van der Waals surface area contributed by atoms with Crippen LogP contribution in [-0.4, -0.2) is 25.1 Å². The highest BCUT2D eigenvalue weighted by molar-refractivity contribution is 6.30. The van der Waals surface area contributed by atoms with Gasteiger partial charge in [0.25, 0.3) is 5.91 Å². The summed E-state index contributed by atoms with van der Waals surface area (Å²) in [7, 11) is 0. The van der Waals surface area contributed by atoms with E-state index in [9.17, 15) is 9.59 Å². The lowest BCUT2D eigenvalue weighted by Gasteiger charge is -2.24. The second-order valence-corrected chi connectivity index (χ2v) is 7.45. The largest absolute Gasteiger partial charge is 0.492 e.